The number of allylic oxidation sites excluding steroid dienone is 1. The van der Waals surface area contributed by atoms with Crippen LogP contribution >= 0.6 is 0 Å². The van der Waals surface area contributed by atoms with Crippen molar-refractivity contribution in [1.82, 2.24) is 0 Å². The van der Waals surface area contributed by atoms with Crippen molar-refractivity contribution in [1.29, 1.82) is 0 Å². The Morgan fingerprint density at radius 3 is 2.17 bits per heavy atom. The first-order chi connectivity index (χ1) is 11.5. The maximum absolute atomic E-state index is 12.2. The van der Waals surface area contributed by atoms with Crippen LogP contribution in [0.15, 0.2) is 67.3 Å². The summed E-state index contributed by atoms with van der Waals surface area (Å²) in [4.78, 5) is 25.3. The largest absolute Gasteiger partial charge is 0.423 e. The molecule has 0 bridgehead atoms. The molecule has 0 fully saturated rings. The summed E-state index contributed by atoms with van der Waals surface area (Å²) in [6, 6.07) is 14.3. The number of benzene rings is 2. The molecule has 0 saturated carbocycles. The number of nitrogens with zero attached hydrogens (tertiary/aromatic N) is 1. The topological polar surface area (TPSA) is 46.6 Å². The normalized spacial score (nSPS) is 10.4. The third-order valence-electron chi connectivity index (χ3n) is 3.36. The predicted octanol–water partition coefficient (Wildman–Crippen LogP) is 3.74. The predicted molar refractivity (Wildman–Crippen MR) is 96.4 cm³/mol. The molecule has 0 saturated heterocycles. The van der Waals surface area contributed by atoms with Crippen LogP contribution in [-0.2, 0) is 4.79 Å². The molecule has 0 unspecified atom stereocenters. The SMILES string of the molecule is C=CC(=O)Oc1ccc(C(=O)C=Cc2ccc(N(C)C)cc2)cc1. The van der Waals surface area contributed by atoms with Gasteiger partial charge in [-0.15, -0.1) is 0 Å². The van der Waals surface area contributed by atoms with Crippen molar-refractivity contribution in [3.63, 3.8) is 0 Å². The fourth-order valence-corrected chi connectivity index (χ4v) is 2.00. The van der Waals surface area contributed by atoms with E-state index >= 15 is 0 Å². The van der Waals surface area contributed by atoms with E-state index in [-0.39, 0.29) is 5.78 Å². The van der Waals surface area contributed by atoms with Crippen molar-refractivity contribution in [3.8, 4) is 5.75 Å². The van der Waals surface area contributed by atoms with Crippen LogP contribution in [0, 0.1) is 0 Å². The molecular weight excluding hydrogens is 302 g/mol. The number of rotatable bonds is 6. The first-order valence-electron chi connectivity index (χ1n) is 7.43. The van der Waals surface area contributed by atoms with Crippen LogP contribution in [0.5, 0.6) is 5.75 Å². The summed E-state index contributed by atoms with van der Waals surface area (Å²) < 4.78 is 4.97. The van der Waals surface area contributed by atoms with Crippen LogP contribution in [0.3, 0.4) is 0 Å². The molecule has 4 heteroatoms. The van der Waals surface area contributed by atoms with Crippen LogP contribution in [0.4, 0.5) is 5.69 Å². The molecule has 24 heavy (non-hydrogen) atoms. The maximum atomic E-state index is 12.2. The van der Waals surface area contributed by atoms with Gasteiger partial charge in [0.15, 0.2) is 5.78 Å². The van der Waals surface area contributed by atoms with Gasteiger partial charge in [-0.25, -0.2) is 4.79 Å². The van der Waals surface area contributed by atoms with Crippen molar-refractivity contribution >= 4 is 23.5 Å². The zero-order valence-corrected chi connectivity index (χ0v) is 13.7. The van der Waals surface area contributed by atoms with E-state index in [9.17, 15) is 9.59 Å². The highest BCUT2D eigenvalue weighted by Crippen LogP contribution is 2.15. The number of anilines is 1. The highest BCUT2D eigenvalue weighted by atomic mass is 16.5. The molecule has 0 spiro atoms. The Hall–Kier alpha value is -3.14. The summed E-state index contributed by atoms with van der Waals surface area (Å²) in [7, 11) is 3.95. The average Bonchev–Trinajstić information content (AvgIpc) is 2.60. The van der Waals surface area contributed by atoms with Crippen molar-refractivity contribution in [2.24, 2.45) is 0 Å². The lowest BCUT2D eigenvalue weighted by Gasteiger charge is -2.11. The fourth-order valence-electron chi connectivity index (χ4n) is 2.00. The molecule has 0 N–H and O–H groups in total. The van der Waals surface area contributed by atoms with Gasteiger partial charge >= 0.3 is 5.97 Å². The second-order valence-corrected chi connectivity index (χ2v) is 5.33. The fraction of sp³-hybridized carbons (Fsp3) is 0.100. The number of carbonyl (C=O) groups is 2. The minimum Gasteiger partial charge on any atom is -0.423 e. The molecule has 0 heterocycles. The van der Waals surface area contributed by atoms with Crippen molar-refractivity contribution in [2.45, 2.75) is 0 Å². The van der Waals surface area contributed by atoms with E-state index in [1.165, 1.54) is 6.08 Å². The summed E-state index contributed by atoms with van der Waals surface area (Å²) >= 11 is 0. The van der Waals surface area contributed by atoms with Gasteiger partial charge in [0.1, 0.15) is 5.75 Å². The highest BCUT2D eigenvalue weighted by molar-refractivity contribution is 6.06. The Bertz CT molecular complexity index is 756. The van der Waals surface area contributed by atoms with E-state index in [0.717, 1.165) is 17.3 Å². The third kappa shape index (κ3) is 4.68. The van der Waals surface area contributed by atoms with E-state index in [1.807, 2.05) is 43.3 Å². The summed E-state index contributed by atoms with van der Waals surface area (Å²) in [5, 5.41) is 0. The van der Waals surface area contributed by atoms with E-state index in [2.05, 4.69) is 6.58 Å². The lowest BCUT2D eigenvalue weighted by atomic mass is 10.1. The van der Waals surface area contributed by atoms with Crippen LogP contribution in [0.2, 0.25) is 0 Å². The number of ether oxygens (including phenoxy) is 1. The third-order valence-corrected chi connectivity index (χ3v) is 3.36. The molecule has 0 aliphatic rings. The van der Waals surface area contributed by atoms with Crippen LogP contribution in [-0.4, -0.2) is 25.8 Å². The van der Waals surface area contributed by atoms with Gasteiger partial charge in [-0.2, -0.15) is 0 Å². The summed E-state index contributed by atoms with van der Waals surface area (Å²) in [5.74, 6) is -0.275. The Morgan fingerprint density at radius 2 is 1.62 bits per heavy atom. The van der Waals surface area contributed by atoms with Gasteiger partial charge in [-0.3, -0.25) is 4.79 Å². The molecular formula is C20H19NO3. The standard InChI is InChI=1S/C20H19NO3/c1-4-20(23)24-18-12-8-16(9-13-18)19(22)14-7-15-5-10-17(11-6-15)21(2)3/h4-14H,1H2,2-3H3. The van der Waals surface area contributed by atoms with Crippen LogP contribution in [0.1, 0.15) is 15.9 Å². The summed E-state index contributed by atoms with van der Waals surface area (Å²) in [6.07, 6.45) is 4.38. The number of hydrogen-bond donors (Lipinski definition) is 0. The first kappa shape index (κ1) is 17.2. The van der Waals surface area contributed by atoms with Gasteiger partial charge < -0.3 is 9.64 Å². The van der Waals surface area contributed by atoms with E-state index < -0.39 is 5.97 Å². The molecule has 0 aliphatic carbocycles. The van der Waals surface area contributed by atoms with Gasteiger partial charge in [-0.05, 0) is 48.0 Å². The Labute approximate surface area is 141 Å². The van der Waals surface area contributed by atoms with Crippen LogP contribution in [0.25, 0.3) is 6.08 Å². The monoisotopic (exact) mass is 321 g/mol. The molecule has 2 rings (SSSR count). The minimum absolute atomic E-state index is 0.117. The molecule has 0 amide bonds. The first-order valence-corrected chi connectivity index (χ1v) is 7.43. The van der Waals surface area contributed by atoms with Crippen molar-refractivity contribution in [2.75, 3.05) is 19.0 Å². The molecule has 4 nitrogen and oxygen atoms in total. The Balaban J connectivity index is 2.03. The summed E-state index contributed by atoms with van der Waals surface area (Å²) in [6.45, 7) is 3.33. The van der Waals surface area contributed by atoms with E-state index in [0.29, 0.717) is 11.3 Å². The highest BCUT2D eigenvalue weighted by Gasteiger charge is 2.04. The second kappa shape index (κ2) is 7.92. The zero-order chi connectivity index (χ0) is 17.5. The Morgan fingerprint density at radius 1 is 1.00 bits per heavy atom. The average molecular weight is 321 g/mol. The van der Waals surface area contributed by atoms with E-state index in [4.69, 9.17) is 4.74 Å². The van der Waals surface area contributed by atoms with Gasteiger partial charge in [0, 0.05) is 31.4 Å². The lowest BCUT2D eigenvalue weighted by molar-refractivity contribution is -0.128. The maximum Gasteiger partial charge on any atom is 0.335 e. The van der Waals surface area contributed by atoms with Crippen molar-refractivity contribution < 1.29 is 14.3 Å². The van der Waals surface area contributed by atoms with Gasteiger partial charge in [0.25, 0.3) is 0 Å². The van der Waals surface area contributed by atoms with Gasteiger partial charge in [-0.1, -0.05) is 24.8 Å². The van der Waals surface area contributed by atoms with Gasteiger partial charge in [0.2, 0.25) is 0 Å². The lowest BCUT2D eigenvalue weighted by Crippen LogP contribution is -2.07. The zero-order valence-electron chi connectivity index (χ0n) is 13.7. The molecule has 2 aromatic carbocycles. The quantitative estimate of drug-likeness (QED) is 0.352. The Kier molecular flexibility index (Phi) is 5.68. The molecule has 122 valence electrons. The number of carbonyl (C=O) groups excluding carboxylic acids is 2. The number of hydrogen-bond acceptors (Lipinski definition) is 4. The van der Waals surface area contributed by atoms with E-state index in [1.54, 1.807) is 30.3 Å². The van der Waals surface area contributed by atoms with Gasteiger partial charge in [0.05, 0.1) is 0 Å². The molecule has 0 aromatic heterocycles. The molecule has 0 aliphatic heterocycles. The number of ketones is 1. The number of esters is 1. The second-order valence-electron chi connectivity index (χ2n) is 5.33. The summed E-state index contributed by atoms with van der Waals surface area (Å²) in [5.41, 5.74) is 2.57. The van der Waals surface area contributed by atoms with Crippen LogP contribution < -0.4 is 9.64 Å². The molecule has 0 radical (unpaired) electrons. The smallest absolute Gasteiger partial charge is 0.335 e. The molecule has 2 aromatic rings. The minimum atomic E-state index is -0.532. The van der Waals surface area contributed by atoms with Crippen molar-refractivity contribution in [3.05, 3.63) is 78.4 Å². The molecule has 0 atom stereocenters.